The molecule has 4 aromatic rings. The molecule has 3 aromatic carbocycles. The quantitative estimate of drug-likeness (QED) is 0.0670. The van der Waals surface area contributed by atoms with Gasteiger partial charge in [0, 0.05) is 18.2 Å². The molecule has 0 aliphatic carbocycles. The Bertz CT molecular complexity index is 2090. The van der Waals surface area contributed by atoms with Gasteiger partial charge in [-0.15, -0.1) is 0 Å². The minimum absolute atomic E-state index is 0.0207. The first kappa shape index (κ1) is 39.7. The minimum atomic E-state index is -4.58. The summed E-state index contributed by atoms with van der Waals surface area (Å²) >= 11 is 11.5. The Morgan fingerprint density at radius 1 is 1.00 bits per heavy atom. The molecule has 3 N–H and O–H groups in total. The number of esters is 1. The van der Waals surface area contributed by atoms with Crippen molar-refractivity contribution in [3.8, 4) is 17.4 Å². The molecule has 0 radical (unpaired) electrons. The molecule has 22 heteroatoms. The number of rotatable bonds is 10. The fourth-order valence-corrected chi connectivity index (χ4v) is 5.23. The number of carboxylic acid groups (broad SMARTS) is 1. The molecule has 0 fully saturated rings. The number of sulfonamides is 1. The number of amides is 2. The lowest BCUT2D eigenvalue weighted by atomic mass is 10.1. The third kappa shape index (κ3) is 10.9. The number of hydrogen-bond acceptors (Lipinski definition) is 12. The first-order valence-electron chi connectivity index (χ1n) is 13.6. The number of nitro benzene ring substituents is 1. The highest BCUT2D eigenvalue weighted by molar-refractivity contribution is 7.90. The van der Waals surface area contributed by atoms with Crippen LogP contribution < -0.4 is 19.5 Å². The molecule has 0 atom stereocenters. The molecule has 0 spiro atoms. The molecule has 1 heterocycles. The summed E-state index contributed by atoms with van der Waals surface area (Å²) in [5.41, 5.74) is -2.45. The predicted molar refractivity (Wildman–Crippen MR) is 172 cm³/mol. The van der Waals surface area contributed by atoms with Gasteiger partial charge in [-0.25, -0.2) is 32.5 Å². The van der Waals surface area contributed by atoms with Gasteiger partial charge in [0.15, 0.2) is 0 Å². The number of nitrogens with zero attached hydrogens (tertiary/aromatic N) is 3. The topological polar surface area (TPSA) is 226 Å². The highest BCUT2D eigenvalue weighted by Crippen LogP contribution is 2.37. The van der Waals surface area contributed by atoms with Gasteiger partial charge in [0.2, 0.25) is 11.8 Å². The molecule has 0 bridgehead atoms. The number of nitrogens with one attached hydrogen (secondary N) is 2. The average molecular weight is 776 g/mol. The van der Waals surface area contributed by atoms with Crippen molar-refractivity contribution >= 4 is 62.8 Å². The summed E-state index contributed by atoms with van der Waals surface area (Å²) in [6, 6.07) is 10.7. The number of ether oxygens (including phenoxy) is 3. The number of aromatic nitrogens is 2. The lowest BCUT2D eigenvalue weighted by Crippen LogP contribution is -2.35. The molecular formula is C29H22Cl2F3N5O11S. The van der Waals surface area contributed by atoms with Crippen LogP contribution in [0, 0.1) is 10.1 Å². The Morgan fingerprint density at radius 2 is 1.69 bits per heavy atom. The van der Waals surface area contributed by atoms with E-state index >= 15 is 0 Å². The molecule has 0 unspecified atom stereocenters. The second-order valence-corrected chi connectivity index (χ2v) is 11.8. The maximum Gasteiger partial charge on any atom is 0.416 e. The maximum absolute atomic E-state index is 12.6. The van der Waals surface area contributed by atoms with Gasteiger partial charge < -0.3 is 19.3 Å². The van der Waals surface area contributed by atoms with Gasteiger partial charge in [-0.2, -0.15) is 18.2 Å². The Balaban J connectivity index is 0.000000277. The van der Waals surface area contributed by atoms with Crippen LogP contribution in [0.2, 0.25) is 10.2 Å². The van der Waals surface area contributed by atoms with Gasteiger partial charge in [-0.3, -0.25) is 15.4 Å². The Kier molecular flexibility index (Phi) is 13.1. The van der Waals surface area contributed by atoms with E-state index in [2.05, 4.69) is 15.3 Å². The highest BCUT2D eigenvalue weighted by atomic mass is 35.5. The SMILES string of the molecule is CCOC(=O)c1ccccc1S(=O)(=O)NC(=O)Nc1nc(Cl)cc(OC)n1.O=C(O)c1cc(Oc2ccc(C(F)(F)F)cc2Cl)ccc1[N+](=O)[O-]. The number of carbonyl (C=O) groups excluding carboxylic acids is 2. The smallest absolute Gasteiger partial charge is 0.416 e. The van der Waals surface area contributed by atoms with Crippen LogP contribution in [0.25, 0.3) is 0 Å². The minimum Gasteiger partial charge on any atom is -0.481 e. The van der Waals surface area contributed by atoms with Gasteiger partial charge in [-0.1, -0.05) is 35.3 Å². The summed E-state index contributed by atoms with van der Waals surface area (Å²) in [5.74, 6) is -2.87. The fraction of sp³-hybridized carbons (Fsp3) is 0.138. The van der Waals surface area contributed by atoms with E-state index < -0.39 is 60.8 Å². The lowest BCUT2D eigenvalue weighted by molar-refractivity contribution is -0.385. The number of nitro groups is 1. The van der Waals surface area contributed by atoms with Crippen molar-refractivity contribution in [2.75, 3.05) is 19.0 Å². The summed E-state index contributed by atoms with van der Waals surface area (Å²) in [4.78, 5) is 52.0. The zero-order chi connectivity index (χ0) is 38.1. The van der Waals surface area contributed by atoms with E-state index in [1.807, 2.05) is 0 Å². The van der Waals surface area contributed by atoms with Crippen LogP contribution in [0.4, 0.5) is 29.6 Å². The number of urea groups is 1. The zero-order valence-electron chi connectivity index (χ0n) is 25.7. The van der Waals surface area contributed by atoms with Crippen LogP contribution in [-0.2, 0) is 20.9 Å². The number of aromatic carboxylic acids is 1. The molecule has 0 saturated carbocycles. The van der Waals surface area contributed by atoms with Crippen molar-refractivity contribution in [3.63, 3.8) is 0 Å². The largest absolute Gasteiger partial charge is 0.481 e. The number of carbonyl (C=O) groups is 3. The summed E-state index contributed by atoms with van der Waals surface area (Å²) in [7, 11) is -3.05. The molecule has 51 heavy (non-hydrogen) atoms. The normalized spacial score (nSPS) is 11.0. The van der Waals surface area contributed by atoms with Gasteiger partial charge in [0.25, 0.3) is 15.7 Å². The second-order valence-electron chi connectivity index (χ2n) is 9.32. The first-order chi connectivity index (χ1) is 23.9. The predicted octanol–water partition coefficient (Wildman–Crippen LogP) is 6.58. The molecule has 0 saturated heterocycles. The van der Waals surface area contributed by atoms with Gasteiger partial charge >= 0.3 is 24.1 Å². The van der Waals surface area contributed by atoms with Crippen molar-refractivity contribution in [2.24, 2.45) is 0 Å². The summed E-state index contributed by atoms with van der Waals surface area (Å²) in [6.07, 6.45) is -4.58. The van der Waals surface area contributed by atoms with Crippen LogP contribution in [0.1, 0.15) is 33.2 Å². The number of carboxylic acids is 1. The Labute approximate surface area is 295 Å². The molecule has 4 rings (SSSR count). The molecule has 0 aliphatic heterocycles. The number of anilines is 1. The number of benzene rings is 3. The van der Waals surface area contributed by atoms with E-state index in [4.69, 9.17) is 42.5 Å². The monoisotopic (exact) mass is 775 g/mol. The maximum atomic E-state index is 12.6. The average Bonchev–Trinajstić information content (AvgIpc) is 3.04. The Hall–Kier alpha value is -5.73. The third-order valence-electron chi connectivity index (χ3n) is 5.89. The molecule has 16 nitrogen and oxygen atoms in total. The summed E-state index contributed by atoms with van der Waals surface area (Å²) in [5, 5.41) is 21.5. The second kappa shape index (κ2) is 16.8. The summed E-state index contributed by atoms with van der Waals surface area (Å²) in [6.45, 7) is 1.65. The van der Waals surface area contributed by atoms with E-state index in [0.29, 0.717) is 6.07 Å². The highest BCUT2D eigenvalue weighted by Gasteiger charge is 2.31. The van der Waals surface area contributed by atoms with Crippen LogP contribution in [0.3, 0.4) is 0 Å². The molecule has 270 valence electrons. The van der Waals surface area contributed by atoms with Crippen molar-refractivity contribution in [2.45, 2.75) is 18.0 Å². The third-order valence-corrected chi connectivity index (χ3v) is 7.77. The molecule has 0 aliphatic rings. The van der Waals surface area contributed by atoms with Crippen molar-refractivity contribution < 1.29 is 60.2 Å². The zero-order valence-corrected chi connectivity index (χ0v) is 28.1. The van der Waals surface area contributed by atoms with E-state index in [0.717, 1.165) is 30.3 Å². The number of halogens is 5. The number of alkyl halides is 3. The van der Waals surface area contributed by atoms with Gasteiger partial charge in [0.05, 0.1) is 34.8 Å². The van der Waals surface area contributed by atoms with Gasteiger partial charge in [-0.05, 0) is 43.3 Å². The molecular weight excluding hydrogens is 754 g/mol. The molecule has 1 aromatic heterocycles. The molecule has 2 amide bonds. The number of methoxy groups -OCH3 is 1. The van der Waals surface area contributed by atoms with E-state index in [1.165, 1.54) is 37.4 Å². The van der Waals surface area contributed by atoms with Crippen molar-refractivity contribution in [3.05, 3.63) is 104 Å². The lowest BCUT2D eigenvalue weighted by Gasteiger charge is -2.11. The number of hydrogen-bond donors (Lipinski definition) is 3. The van der Waals surface area contributed by atoms with Crippen LogP contribution in [0.15, 0.2) is 71.6 Å². The van der Waals surface area contributed by atoms with E-state index in [1.54, 1.807) is 11.6 Å². The van der Waals surface area contributed by atoms with E-state index in [-0.39, 0.29) is 45.7 Å². The van der Waals surface area contributed by atoms with Crippen LogP contribution in [0.5, 0.6) is 17.4 Å². The van der Waals surface area contributed by atoms with Crippen LogP contribution in [-0.4, -0.2) is 60.1 Å². The van der Waals surface area contributed by atoms with Crippen LogP contribution >= 0.6 is 23.2 Å². The summed E-state index contributed by atoms with van der Waals surface area (Å²) < 4.78 is 79.3. The van der Waals surface area contributed by atoms with Crippen molar-refractivity contribution in [1.29, 1.82) is 0 Å². The van der Waals surface area contributed by atoms with E-state index in [9.17, 15) is 46.1 Å². The fourth-order valence-electron chi connectivity index (χ4n) is 3.74. The van der Waals surface area contributed by atoms with Crippen molar-refractivity contribution in [1.82, 2.24) is 14.7 Å². The Morgan fingerprint density at radius 3 is 2.27 bits per heavy atom. The standard InChI is InChI=1S/C15H15ClN4O6S.C14H7ClF3NO5/c1-3-26-13(21)9-6-4-5-7-10(9)27(23,24)20-15(22)19-14-17-11(16)8-12(18-14)25-2;15-10-5-7(14(16,17)18)1-4-12(10)24-8-2-3-11(19(22)23)9(6-8)13(20)21/h4-8H,3H2,1-2H3,(H2,17,18,19,20,22);1-6H,(H,20,21). The first-order valence-corrected chi connectivity index (χ1v) is 15.8. The van der Waals surface area contributed by atoms with Gasteiger partial charge in [0.1, 0.15) is 27.1 Å².